The number of carboxylic acid groups (broad SMARTS) is 1. The van der Waals surface area contributed by atoms with Crippen molar-refractivity contribution >= 4 is 46.9 Å². The summed E-state index contributed by atoms with van der Waals surface area (Å²) in [5.74, 6) is -2.52. The number of hydrogen-bond acceptors (Lipinski definition) is 5. The number of carbonyl (C=O) groups is 4. The molecule has 2 N–H and O–H groups in total. The third-order valence-corrected chi connectivity index (χ3v) is 5.87. The number of amides is 3. The van der Waals surface area contributed by atoms with Crippen LogP contribution < -0.4 is 45.3 Å². The summed E-state index contributed by atoms with van der Waals surface area (Å²) in [6.07, 6.45) is 0.859. The van der Waals surface area contributed by atoms with Crippen LogP contribution in [0, 0.1) is 0 Å². The minimum absolute atomic E-state index is 0. The van der Waals surface area contributed by atoms with Crippen molar-refractivity contribution in [3.63, 3.8) is 0 Å². The van der Waals surface area contributed by atoms with E-state index in [2.05, 4.69) is 10.6 Å². The number of nitrogens with one attached hydrogen (secondary N) is 2. The molecule has 2 aromatic rings. The van der Waals surface area contributed by atoms with Crippen molar-refractivity contribution in [1.82, 2.24) is 15.5 Å². The first-order chi connectivity index (χ1) is 15.6. The topological polar surface area (TPSA) is 119 Å². The Kier molecular flexibility index (Phi) is 9.73. The van der Waals surface area contributed by atoms with Crippen LogP contribution in [-0.4, -0.2) is 41.7 Å². The molecule has 0 fully saturated rings. The third kappa shape index (κ3) is 6.61. The molecule has 1 aliphatic rings. The van der Waals surface area contributed by atoms with E-state index < -0.39 is 42.2 Å². The van der Waals surface area contributed by atoms with Crippen LogP contribution in [0.25, 0.3) is 11.1 Å². The monoisotopic (exact) mass is 511 g/mol. The van der Waals surface area contributed by atoms with E-state index in [1.165, 1.54) is 25.1 Å². The molecule has 3 rings (SSSR count). The summed E-state index contributed by atoms with van der Waals surface area (Å²) < 4.78 is 0. The predicted octanol–water partition coefficient (Wildman–Crippen LogP) is -0.542. The van der Waals surface area contributed by atoms with Gasteiger partial charge in [0.2, 0.25) is 0 Å². The normalized spacial score (nSPS) is 16.3. The van der Waals surface area contributed by atoms with E-state index in [-0.39, 0.29) is 29.6 Å². The molecule has 34 heavy (non-hydrogen) atoms. The molecular formula is C23H20Cl2N3NaO5. The minimum Gasteiger partial charge on any atom is -0.550 e. The number of nitrogens with zero attached hydrogens (tertiary/aromatic N) is 1. The Morgan fingerprint density at radius 3 is 2.41 bits per heavy atom. The van der Waals surface area contributed by atoms with Crippen LogP contribution in [0.3, 0.4) is 0 Å². The van der Waals surface area contributed by atoms with Crippen molar-refractivity contribution in [1.29, 1.82) is 0 Å². The van der Waals surface area contributed by atoms with Gasteiger partial charge in [0.1, 0.15) is 0 Å². The van der Waals surface area contributed by atoms with Gasteiger partial charge in [0.05, 0.1) is 16.1 Å². The molecular weight excluding hydrogens is 492 g/mol. The number of hydrogen-bond donors (Lipinski definition) is 2. The molecule has 8 nitrogen and oxygen atoms in total. The maximum absolute atomic E-state index is 12.6. The van der Waals surface area contributed by atoms with Crippen molar-refractivity contribution in [2.75, 3.05) is 7.05 Å². The smallest absolute Gasteiger partial charge is 0.550 e. The van der Waals surface area contributed by atoms with Crippen LogP contribution in [0.2, 0.25) is 10.0 Å². The second-order valence-corrected chi connectivity index (χ2v) is 8.37. The fourth-order valence-corrected chi connectivity index (χ4v) is 3.75. The molecule has 2 atom stereocenters. The largest absolute Gasteiger partial charge is 1.00 e. The van der Waals surface area contributed by atoms with Gasteiger partial charge in [-0.3, -0.25) is 9.59 Å². The van der Waals surface area contributed by atoms with Crippen molar-refractivity contribution < 1.29 is 53.8 Å². The number of Topliss-reactive ketones (excluding diaryl/α,β-unsaturated/α-hetero) is 1. The average Bonchev–Trinajstić information content (AvgIpc) is 2.76. The van der Waals surface area contributed by atoms with Crippen LogP contribution in [0.5, 0.6) is 0 Å². The molecule has 2 unspecified atom stereocenters. The van der Waals surface area contributed by atoms with E-state index in [1.54, 1.807) is 42.5 Å². The van der Waals surface area contributed by atoms with Crippen LogP contribution in [0.1, 0.15) is 24.9 Å². The predicted molar refractivity (Wildman–Crippen MR) is 121 cm³/mol. The quantitative estimate of drug-likeness (QED) is 0.398. The van der Waals surface area contributed by atoms with Crippen LogP contribution >= 0.6 is 23.2 Å². The number of likely N-dealkylation sites (N-methyl/N-ethyl adjacent to an activating group) is 1. The van der Waals surface area contributed by atoms with E-state index in [9.17, 15) is 24.3 Å². The SMILES string of the molecule is CC1=CN(C)C(=O)C(NC(=O)NC(CC(=O)[O-])c2cccc(-c3ccc(Cl)c(Cl)c3)c2)C1=O.[Na+]. The Bertz CT molecular complexity index is 1170. The number of benzene rings is 2. The van der Waals surface area contributed by atoms with Gasteiger partial charge in [-0.1, -0.05) is 47.5 Å². The van der Waals surface area contributed by atoms with Gasteiger partial charge < -0.3 is 25.4 Å². The summed E-state index contributed by atoms with van der Waals surface area (Å²) >= 11 is 12.1. The number of rotatable bonds is 6. The Morgan fingerprint density at radius 2 is 1.76 bits per heavy atom. The van der Waals surface area contributed by atoms with Gasteiger partial charge in [0.25, 0.3) is 5.91 Å². The number of halogens is 2. The molecule has 0 bridgehead atoms. The molecule has 2 aromatic carbocycles. The molecule has 0 spiro atoms. The first-order valence-corrected chi connectivity index (χ1v) is 10.6. The molecule has 1 heterocycles. The van der Waals surface area contributed by atoms with Crippen molar-refractivity contribution in [2.45, 2.75) is 25.4 Å². The second kappa shape index (κ2) is 11.9. The molecule has 3 amide bonds. The maximum atomic E-state index is 12.6. The molecule has 0 aliphatic carbocycles. The van der Waals surface area contributed by atoms with Crippen LogP contribution in [0.15, 0.2) is 54.2 Å². The summed E-state index contributed by atoms with van der Waals surface area (Å²) in [5.41, 5.74) is 2.25. The van der Waals surface area contributed by atoms with Gasteiger partial charge >= 0.3 is 35.6 Å². The van der Waals surface area contributed by atoms with Crippen molar-refractivity contribution in [2.24, 2.45) is 0 Å². The molecule has 11 heteroatoms. The number of ketones is 1. The fraction of sp³-hybridized carbons (Fsp3) is 0.217. The van der Waals surface area contributed by atoms with E-state index >= 15 is 0 Å². The Balaban J connectivity index is 0.00000408. The summed E-state index contributed by atoms with van der Waals surface area (Å²) in [7, 11) is 1.47. The zero-order chi connectivity index (χ0) is 24.3. The van der Waals surface area contributed by atoms with Gasteiger partial charge in [-0.05, 0) is 41.8 Å². The van der Waals surface area contributed by atoms with Gasteiger partial charge in [0, 0.05) is 31.2 Å². The van der Waals surface area contributed by atoms with E-state index in [0.29, 0.717) is 21.2 Å². The number of carboxylic acids is 1. The Morgan fingerprint density at radius 1 is 1.09 bits per heavy atom. The number of aliphatic carboxylic acids is 1. The van der Waals surface area contributed by atoms with Crippen molar-refractivity contribution in [3.8, 4) is 11.1 Å². The van der Waals surface area contributed by atoms with E-state index in [4.69, 9.17) is 23.2 Å². The van der Waals surface area contributed by atoms with Gasteiger partial charge in [-0.15, -0.1) is 0 Å². The summed E-state index contributed by atoms with van der Waals surface area (Å²) in [5, 5.41) is 17.0. The summed E-state index contributed by atoms with van der Waals surface area (Å²) in [4.78, 5) is 49.8. The van der Waals surface area contributed by atoms with E-state index in [0.717, 1.165) is 11.1 Å². The Labute approximate surface area is 228 Å². The minimum atomic E-state index is -1.40. The fourth-order valence-electron chi connectivity index (χ4n) is 3.45. The van der Waals surface area contributed by atoms with Gasteiger partial charge in [0.15, 0.2) is 11.8 Å². The van der Waals surface area contributed by atoms with E-state index in [1.807, 2.05) is 0 Å². The molecule has 0 saturated heterocycles. The van der Waals surface area contributed by atoms with Crippen molar-refractivity contribution in [3.05, 3.63) is 69.8 Å². The molecule has 0 saturated carbocycles. The zero-order valence-corrected chi connectivity index (χ0v) is 22.2. The second-order valence-electron chi connectivity index (χ2n) is 7.56. The summed E-state index contributed by atoms with van der Waals surface area (Å²) in [6, 6.07) is 8.66. The van der Waals surface area contributed by atoms with Gasteiger partial charge in [-0.2, -0.15) is 0 Å². The molecule has 172 valence electrons. The molecule has 1 aliphatic heterocycles. The van der Waals surface area contributed by atoms with Gasteiger partial charge in [-0.25, -0.2) is 4.79 Å². The zero-order valence-electron chi connectivity index (χ0n) is 18.7. The third-order valence-electron chi connectivity index (χ3n) is 5.13. The standard InChI is InChI=1S/C23H21Cl2N3O5.Na/c1-12-11-28(2)22(32)20(21(12)31)27-23(33)26-18(10-19(29)30)15-5-3-4-13(8-15)14-6-7-16(24)17(25)9-14;/h3-9,11,18,20H,10H2,1-2H3,(H,29,30)(H2,26,27,33);/q;+1/p-1. The number of urea groups is 1. The summed E-state index contributed by atoms with van der Waals surface area (Å²) in [6.45, 7) is 1.53. The molecule has 0 radical (unpaired) electrons. The first kappa shape index (κ1) is 27.9. The number of carbonyl (C=O) groups excluding carboxylic acids is 4. The first-order valence-electron chi connectivity index (χ1n) is 9.88. The maximum Gasteiger partial charge on any atom is 1.00 e. The Hall–Kier alpha value is -2.36. The van der Waals surface area contributed by atoms with Crippen LogP contribution in [-0.2, 0) is 14.4 Å². The average molecular weight is 512 g/mol. The molecule has 0 aromatic heterocycles. The van der Waals surface area contributed by atoms with Crippen LogP contribution in [0.4, 0.5) is 4.79 Å².